The summed E-state index contributed by atoms with van der Waals surface area (Å²) in [4.78, 5) is 0. The Morgan fingerprint density at radius 1 is 1.05 bits per heavy atom. The molecule has 0 spiro atoms. The molecule has 104 valence electrons. The lowest BCUT2D eigenvalue weighted by Crippen LogP contribution is -2.03. The normalized spacial score (nSPS) is 14.2. The van der Waals surface area contributed by atoms with E-state index in [2.05, 4.69) is 24.3 Å². The highest BCUT2D eigenvalue weighted by atomic mass is 16.7. The van der Waals surface area contributed by atoms with Crippen LogP contribution in [0.3, 0.4) is 0 Å². The van der Waals surface area contributed by atoms with Crippen LogP contribution in [0, 0.1) is 0 Å². The molecule has 2 aromatic rings. The van der Waals surface area contributed by atoms with Crippen molar-refractivity contribution < 1.29 is 14.2 Å². The summed E-state index contributed by atoms with van der Waals surface area (Å²) in [5.41, 5.74) is 2.46. The van der Waals surface area contributed by atoms with Gasteiger partial charge in [0, 0.05) is 7.11 Å². The van der Waals surface area contributed by atoms with E-state index in [1.807, 2.05) is 24.3 Å². The van der Waals surface area contributed by atoms with E-state index in [1.54, 1.807) is 7.11 Å². The van der Waals surface area contributed by atoms with E-state index < -0.39 is 0 Å². The zero-order valence-corrected chi connectivity index (χ0v) is 11.5. The monoisotopic (exact) mass is 270 g/mol. The molecule has 0 saturated carbocycles. The predicted octanol–water partition coefficient (Wildman–Crippen LogP) is 3.74. The molecule has 1 heterocycles. The second-order valence-corrected chi connectivity index (χ2v) is 4.86. The van der Waals surface area contributed by atoms with Gasteiger partial charge in [-0.3, -0.25) is 0 Å². The highest BCUT2D eigenvalue weighted by Gasteiger charge is 2.14. The third-order valence-electron chi connectivity index (χ3n) is 3.59. The van der Waals surface area contributed by atoms with Crippen molar-refractivity contribution in [1.82, 2.24) is 0 Å². The van der Waals surface area contributed by atoms with Gasteiger partial charge in [-0.25, -0.2) is 0 Å². The van der Waals surface area contributed by atoms with Crippen LogP contribution in [-0.2, 0) is 11.2 Å². The highest BCUT2D eigenvalue weighted by molar-refractivity contribution is 5.44. The Labute approximate surface area is 119 Å². The average molecular weight is 270 g/mol. The summed E-state index contributed by atoms with van der Waals surface area (Å²) in [6.45, 7) is 0.323. The van der Waals surface area contributed by atoms with Gasteiger partial charge in [-0.2, -0.15) is 0 Å². The van der Waals surface area contributed by atoms with E-state index in [1.165, 1.54) is 11.1 Å². The Kier molecular flexibility index (Phi) is 3.88. The zero-order valence-electron chi connectivity index (χ0n) is 11.5. The molecule has 0 saturated heterocycles. The SMILES string of the molecule is COC(CCc1ccc2c(c1)OCO2)c1ccccc1. The quantitative estimate of drug-likeness (QED) is 0.828. The molecule has 3 rings (SSSR count). The van der Waals surface area contributed by atoms with Gasteiger partial charge in [0.2, 0.25) is 6.79 Å². The van der Waals surface area contributed by atoms with Crippen molar-refractivity contribution in [1.29, 1.82) is 0 Å². The third kappa shape index (κ3) is 2.78. The topological polar surface area (TPSA) is 27.7 Å². The molecule has 2 aromatic carbocycles. The van der Waals surface area contributed by atoms with Gasteiger partial charge >= 0.3 is 0 Å². The minimum Gasteiger partial charge on any atom is -0.454 e. The van der Waals surface area contributed by atoms with Gasteiger partial charge in [0.1, 0.15) is 0 Å². The maximum atomic E-state index is 5.59. The summed E-state index contributed by atoms with van der Waals surface area (Å²) in [6, 6.07) is 16.4. The molecule has 1 aliphatic rings. The minimum absolute atomic E-state index is 0.127. The van der Waals surface area contributed by atoms with Crippen molar-refractivity contribution in [2.24, 2.45) is 0 Å². The summed E-state index contributed by atoms with van der Waals surface area (Å²) in [6.07, 6.45) is 2.02. The van der Waals surface area contributed by atoms with Crippen molar-refractivity contribution in [2.45, 2.75) is 18.9 Å². The van der Waals surface area contributed by atoms with E-state index in [9.17, 15) is 0 Å². The molecule has 1 unspecified atom stereocenters. The number of ether oxygens (including phenoxy) is 3. The molecular weight excluding hydrogens is 252 g/mol. The molecule has 20 heavy (non-hydrogen) atoms. The van der Waals surface area contributed by atoms with Gasteiger partial charge in [0.15, 0.2) is 11.5 Å². The van der Waals surface area contributed by atoms with Crippen LogP contribution in [0.5, 0.6) is 11.5 Å². The molecule has 0 amide bonds. The number of benzene rings is 2. The van der Waals surface area contributed by atoms with Crippen molar-refractivity contribution in [3.05, 3.63) is 59.7 Å². The van der Waals surface area contributed by atoms with E-state index in [0.717, 1.165) is 24.3 Å². The Morgan fingerprint density at radius 2 is 1.85 bits per heavy atom. The van der Waals surface area contributed by atoms with Crippen LogP contribution in [0.25, 0.3) is 0 Å². The number of methoxy groups -OCH3 is 1. The molecule has 3 heteroatoms. The molecule has 0 radical (unpaired) electrons. The van der Waals surface area contributed by atoms with Crippen molar-refractivity contribution in [3.8, 4) is 11.5 Å². The second kappa shape index (κ2) is 5.97. The number of aryl methyl sites for hydroxylation is 1. The largest absolute Gasteiger partial charge is 0.454 e. The van der Waals surface area contributed by atoms with Gasteiger partial charge in [-0.1, -0.05) is 36.4 Å². The minimum atomic E-state index is 0.127. The first-order valence-corrected chi connectivity index (χ1v) is 6.83. The molecule has 0 N–H and O–H groups in total. The Bertz CT molecular complexity index is 566. The summed E-state index contributed by atoms with van der Waals surface area (Å²) in [5.74, 6) is 1.68. The van der Waals surface area contributed by atoms with Gasteiger partial charge < -0.3 is 14.2 Å². The number of fused-ring (bicyclic) bond motifs is 1. The van der Waals surface area contributed by atoms with Crippen LogP contribution in [0.2, 0.25) is 0 Å². The summed E-state index contributed by atoms with van der Waals surface area (Å²) >= 11 is 0. The molecule has 3 nitrogen and oxygen atoms in total. The van der Waals surface area contributed by atoms with E-state index >= 15 is 0 Å². The Hall–Kier alpha value is -2.00. The highest BCUT2D eigenvalue weighted by Crippen LogP contribution is 2.33. The summed E-state index contributed by atoms with van der Waals surface area (Å²) in [5, 5.41) is 0. The van der Waals surface area contributed by atoms with Crippen LogP contribution < -0.4 is 9.47 Å². The fourth-order valence-electron chi connectivity index (χ4n) is 2.48. The Morgan fingerprint density at radius 3 is 2.65 bits per heavy atom. The fourth-order valence-corrected chi connectivity index (χ4v) is 2.48. The first-order valence-electron chi connectivity index (χ1n) is 6.83. The lowest BCUT2D eigenvalue weighted by Gasteiger charge is -2.15. The number of hydrogen-bond donors (Lipinski definition) is 0. The van der Waals surface area contributed by atoms with Gasteiger partial charge in [0.25, 0.3) is 0 Å². The zero-order chi connectivity index (χ0) is 13.8. The maximum Gasteiger partial charge on any atom is 0.231 e. The van der Waals surface area contributed by atoms with Gasteiger partial charge in [0.05, 0.1) is 6.10 Å². The predicted molar refractivity (Wildman–Crippen MR) is 77.1 cm³/mol. The smallest absolute Gasteiger partial charge is 0.231 e. The van der Waals surface area contributed by atoms with Crippen LogP contribution >= 0.6 is 0 Å². The molecular formula is C17H18O3. The molecule has 0 aromatic heterocycles. The van der Waals surface area contributed by atoms with Crippen LogP contribution in [0.1, 0.15) is 23.7 Å². The average Bonchev–Trinajstić information content (AvgIpc) is 2.96. The first kappa shape index (κ1) is 13.0. The molecule has 0 fully saturated rings. The fraction of sp³-hybridized carbons (Fsp3) is 0.294. The Balaban J connectivity index is 1.66. The first-order chi connectivity index (χ1) is 9.86. The van der Waals surface area contributed by atoms with Crippen molar-refractivity contribution >= 4 is 0 Å². The van der Waals surface area contributed by atoms with E-state index in [0.29, 0.717) is 6.79 Å². The van der Waals surface area contributed by atoms with Crippen LogP contribution in [0.4, 0.5) is 0 Å². The molecule has 0 aliphatic carbocycles. The van der Waals surface area contributed by atoms with Crippen molar-refractivity contribution in [2.75, 3.05) is 13.9 Å². The second-order valence-electron chi connectivity index (χ2n) is 4.86. The molecule has 0 bridgehead atoms. The lowest BCUT2D eigenvalue weighted by atomic mass is 10.0. The number of rotatable bonds is 5. The van der Waals surface area contributed by atoms with Gasteiger partial charge in [-0.15, -0.1) is 0 Å². The van der Waals surface area contributed by atoms with Crippen LogP contribution in [0.15, 0.2) is 48.5 Å². The summed E-state index contributed by atoms with van der Waals surface area (Å²) in [7, 11) is 1.76. The summed E-state index contributed by atoms with van der Waals surface area (Å²) < 4.78 is 16.3. The van der Waals surface area contributed by atoms with Crippen LogP contribution in [-0.4, -0.2) is 13.9 Å². The third-order valence-corrected chi connectivity index (χ3v) is 3.59. The molecule has 1 aliphatic heterocycles. The standard InChI is InChI=1S/C17H18O3/c1-18-15(14-5-3-2-4-6-14)9-7-13-8-10-16-17(11-13)20-12-19-16/h2-6,8,10-11,15H,7,9,12H2,1H3. The van der Waals surface area contributed by atoms with E-state index in [4.69, 9.17) is 14.2 Å². The lowest BCUT2D eigenvalue weighted by molar-refractivity contribution is 0.0959. The van der Waals surface area contributed by atoms with E-state index in [-0.39, 0.29) is 6.10 Å². The molecule has 1 atom stereocenters. The number of hydrogen-bond acceptors (Lipinski definition) is 3. The van der Waals surface area contributed by atoms with Crippen molar-refractivity contribution in [3.63, 3.8) is 0 Å². The maximum absolute atomic E-state index is 5.59. The van der Waals surface area contributed by atoms with Gasteiger partial charge in [-0.05, 0) is 36.1 Å².